The molecule has 0 fully saturated rings. The van der Waals surface area contributed by atoms with Gasteiger partial charge in [0, 0.05) is 16.3 Å². The number of amides is 2. The molecule has 120 valence electrons. The molecule has 0 saturated carbocycles. The molecule has 0 heterocycles. The molecule has 23 heavy (non-hydrogen) atoms. The van der Waals surface area contributed by atoms with Crippen molar-refractivity contribution in [3.8, 4) is 0 Å². The lowest BCUT2D eigenvalue weighted by atomic mass is 10.1. The van der Waals surface area contributed by atoms with Crippen molar-refractivity contribution < 1.29 is 9.59 Å². The van der Waals surface area contributed by atoms with Crippen LogP contribution in [0.15, 0.2) is 36.4 Å². The van der Waals surface area contributed by atoms with Crippen LogP contribution in [-0.2, 0) is 4.79 Å². The number of halogens is 1. The number of carbonyl (C=O) groups is 2. The van der Waals surface area contributed by atoms with E-state index < -0.39 is 0 Å². The van der Waals surface area contributed by atoms with Crippen LogP contribution in [-0.4, -0.2) is 18.4 Å². The van der Waals surface area contributed by atoms with Gasteiger partial charge in [-0.15, -0.1) is 0 Å². The summed E-state index contributed by atoms with van der Waals surface area (Å²) in [6.45, 7) is 5.80. The third-order valence-corrected chi connectivity index (χ3v) is 3.67. The van der Waals surface area contributed by atoms with Crippen LogP contribution in [0, 0.1) is 20.8 Å². The molecule has 0 radical (unpaired) electrons. The largest absolute Gasteiger partial charge is 0.343 e. The summed E-state index contributed by atoms with van der Waals surface area (Å²) in [4.78, 5) is 24.0. The third-order valence-electron chi connectivity index (χ3n) is 3.44. The van der Waals surface area contributed by atoms with Crippen LogP contribution in [0.2, 0.25) is 5.02 Å². The Kier molecular flexibility index (Phi) is 5.40. The van der Waals surface area contributed by atoms with Crippen LogP contribution in [0.1, 0.15) is 27.0 Å². The molecule has 0 atom stereocenters. The van der Waals surface area contributed by atoms with Crippen LogP contribution in [0.3, 0.4) is 0 Å². The van der Waals surface area contributed by atoms with Crippen molar-refractivity contribution in [1.29, 1.82) is 0 Å². The second kappa shape index (κ2) is 7.29. The molecule has 2 amide bonds. The smallest absolute Gasteiger partial charge is 0.251 e. The summed E-state index contributed by atoms with van der Waals surface area (Å²) in [7, 11) is 0. The minimum Gasteiger partial charge on any atom is -0.343 e. The number of hydrogen-bond donors (Lipinski definition) is 2. The van der Waals surface area contributed by atoms with Crippen molar-refractivity contribution >= 4 is 29.1 Å². The molecule has 0 aliphatic rings. The summed E-state index contributed by atoms with van der Waals surface area (Å²) in [6, 6.07) is 10.6. The van der Waals surface area contributed by atoms with Crippen LogP contribution >= 0.6 is 11.6 Å². The van der Waals surface area contributed by atoms with Gasteiger partial charge in [-0.1, -0.05) is 35.4 Å². The SMILES string of the molecule is Cc1cc(C)c(NC(=O)CNC(=O)c2cccc(Cl)c2)c(C)c1. The Morgan fingerprint density at radius 2 is 1.70 bits per heavy atom. The van der Waals surface area contributed by atoms with Crippen molar-refractivity contribution in [2.75, 3.05) is 11.9 Å². The number of aryl methyl sites for hydroxylation is 3. The molecule has 0 aromatic heterocycles. The van der Waals surface area contributed by atoms with E-state index in [0.29, 0.717) is 10.6 Å². The molecule has 2 aromatic carbocycles. The Hall–Kier alpha value is -2.33. The quantitative estimate of drug-likeness (QED) is 0.899. The zero-order valence-corrected chi connectivity index (χ0v) is 14.1. The third kappa shape index (κ3) is 4.57. The minimum atomic E-state index is -0.333. The first-order valence-corrected chi connectivity index (χ1v) is 7.66. The van der Waals surface area contributed by atoms with E-state index in [1.165, 1.54) is 0 Å². The predicted octanol–water partition coefficient (Wildman–Crippen LogP) is 3.63. The standard InChI is InChI=1S/C18H19ClN2O2/c1-11-7-12(2)17(13(3)8-11)21-16(22)10-20-18(23)14-5-4-6-15(19)9-14/h4-9H,10H2,1-3H3,(H,20,23)(H,21,22). The number of nitrogens with one attached hydrogen (secondary N) is 2. The van der Waals surface area contributed by atoms with E-state index in [1.54, 1.807) is 24.3 Å². The fourth-order valence-electron chi connectivity index (χ4n) is 2.45. The molecule has 0 aliphatic heterocycles. The maximum Gasteiger partial charge on any atom is 0.251 e. The second-order valence-electron chi connectivity index (χ2n) is 5.51. The van der Waals surface area contributed by atoms with Crippen molar-refractivity contribution in [1.82, 2.24) is 5.32 Å². The molecular formula is C18H19ClN2O2. The fourth-order valence-corrected chi connectivity index (χ4v) is 2.64. The Labute approximate surface area is 140 Å². The zero-order chi connectivity index (χ0) is 17.0. The highest BCUT2D eigenvalue weighted by Gasteiger charge is 2.11. The van der Waals surface area contributed by atoms with Gasteiger partial charge < -0.3 is 10.6 Å². The lowest BCUT2D eigenvalue weighted by molar-refractivity contribution is -0.115. The highest BCUT2D eigenvalue weighted by molar-refractivity contribution is 6.31. The first-order valence-electron chi connectivity index (χ1n) is 7.28. The molecule has 0 aliphatic carbocycles. The van der Waals surface area contributed by atoms with Gasteiger partial charge in [0.1, 0.15) is 0 Å². The van der Waals surface area contributed by atoms with Crippen molar-refractivity contribution in [3.63, 3.8) is 0 Å². The molecule has 5 heteroatoms. The number of carbonyl (C=O) groups excluding carboxylic acids is 2. The summed E-state index contributed by atoms with van der Waals surface area (Å²) >= 11 is 5.85. The van der Waals surface area contributed by atoms with Gasteiger partial charge in [-0.25, -0.2) is 0 Å². The summed E-state index contributed by atoms with van der Waals surface area (Å²) in [5, 5.41) is 5.91. The van der Waals surface area contributed by atoms with Crippen LogP contribution in [0.4, 0.5) is 5.69 Å². The highest BCUT2D eigenvalue weighted by atomic mass is 35.5. The zero-order valence-electron chi connectivity index (χ0n) is 13.4. The molecular weight excluding hydrogens is 312 g/mol. The van der Waals surface area contributed by atoms with E-state index in [-0.39, 0.29) is 18.4 Å². The molecule has 0 saturated heterocycles. The van der Waals surface area contributed by atoms with Crippen molar-refractivity contribution in [2.45, 2.75) is 20.8 Å². The van der Waals surface area contributed by atoms with E-state index in [4.69, 9.17) is 11.6 Å². The molecule has 2 N–H and O–H groups in total. The Morgan fingerprint density at radius 1 is 1.04 bits per heavy atom. The number of hydrogen-bond acceptors (Lipinski definition) is 2. The predicted molar refractivity (Wildman–Crippen MR) is 93.1 cm³/mol. The van der Waals surface area contributed by atoms with Crippen LogP contribution < -0.4 is 10.6 Å². The fraction of sp³-hybridized carbons (Fsp3) is 0.222. The molecule has 4 nitrogen and oxygen atoms in total. The van der Waals surface area contributed by atoms with Gasteiger partial charge in [-0.2, -0.15) is 0 Å². The van der Waals surface area contributed by atoms with E-state index in [2.05, 4.69) is 10.6 Å². The van der Waals surface area contributed by atoms with E-state index in [1.807, 2.05) is 32.9 Å². The molecule has 0 unspecified atom stereocenters. The average molecular weight is 331 g/mol. The minimum absolute atomic E-state index is 0.0991. The Balaban J connectivity index is 1.97. The maximum absolute atomic E-state index is 12.1. The number of anilines is 1. The van der Waals surface area contributed by atoms with E-state index >= 15 is 0 Å². The lowest BCUT2D eigenvalue weighted by Gasteiger charge is -2.13. The first kappa shape index (κ1) is 17.0. The monoisotopic (exact) mass is 330 g/mol. The summed E-state index contributed by atoms with van der Waals surface area (Å²) in [6.07, 6.45) is 0. The number of benzene rings is 2. The van der Waals surface area contributed by atoms with E-state index in [0.717, 1.165) is 22.4 Å². The molecule has 2 aromatic rings. The summed E-state index contributed by atoms with van der Waals surface area (Å²) in [5.41, 5.74) is 4.35. The lowest BCUT2D eigenvalue weighted by Crippen LogP contribution is -2.33. The van der Waals surface area contributed by atoms with Gasteiger partial charge in [0.25, 0.3) is 5.91 Å². The van der Waals surface area contributed by atoms with Gasteiger partial charge in [0.2, 0.25) is 5.91 Å². The van der Waals surface area contributed by atoms with Gasteiger partial charge in [0.05, 0.1) is 6.54 Å². The summed E-state index contributed by atoms with van der Waals surface area (Å²) in [5.74, 6) is -0.601. The second-order valence-corrected chi connectivity index (χ2v) is 5.95. The normalized spacial score (nSPS) is 10.3. The van der Waals surface area contributed by atoms with Crippen molar-refractivity contribution in [3.05, 3.63) is 63.7 Å². The van der Waals surface area contributed by atoms with Gasteiger partial charge in [-0.05, 0) is 50.1 Å². The van der Waals surface area contributed by atoms with Gasteiger partial charge in [0.15, 0.2) is 0 Å². The average Bonchev–Trinajstić information content (AvgIpc) is 2.48. The molecule has 0 bridgehead atoms. The van der Waals surface area contributed by atoms with Crippen LogP contribution in [0.5, 0.6) is 0 Å². The Bertz CT molecular complexity index is 733. The van der Waals surface area contributed by atoms with Crippen LogP contribution in [0.25, 0.3) is 0 Å². The first-order chi connectivity index (χ1) is 10.9. The van der Waals surface area contributed by atoms with Gasteiger partial charge in [-0.3, -0.25) is 9.59 Å². The Morgan fingerprint density at radius 3 is 2.30 bits per heavy atom. The van der Waals surface area contributed by atoms with Crippen molar-refractivity contribution in [2.24, 2.45) is 0 Å². The summed E-state index contributed by atoms with van der Waals surface area (Å²) < 4.78 is 0. The highest BCUT2D eigenvalue weighted by Crippen LogP contribution is 2.21. The molecule has 0 spiro atoms. The molecule has 2 rings (SSSR count). The topological polar surface area (TPSA) is 58.2 Å². The van der Waals surface area contributed by atoms with E-state index in [9.17, 15) is 9.59 Å². The van der Waals surface area contributed by atoms with Gasteiger partial charge >= 0.3 is 0 Å². The number of rotatable bonds is 4. The maximum atomic E-state index is 12.1.